The Labute approximate surface area is 106 Å². The van der Waals surface area contributed by atoms with Gasteiger partial charge in [0.1, 0.15) is 5.75 Å². The van der Waals surface area contributed by atoms with Crippen LogP contribution in [0.25, 0.3) is 0 Å². The number of benzene rings is 1. The molecule has 0 aromatic heterocycles. The van der Waals surface area contributed by atoms with Crippen molar-refractivity contribution in [2.75, 3.05) is 0 Å². The van der Waals surface area contributed by atoms with E-state index in [4.69, 9.17) is 9.47 Å². The number of carbonyl (C=O) groups is 1. The summed E-state index contributed by atoms with van der Waals surface area (Å²) in [5, 5.41) is 9.28. The molecule has 1 aromatic carbocycles. The molecule has 1 heterocycles. The first-order valence-corrected chi connectivity index (χ1v) is 6.13. The van der Waals surface area contributed by atoms with Crippen LogP contribution in [-0.4, -0.2) is 16.9 Å². The van der Waals surface area contributed by atoms with E-state index in [1.165, 1.54) is 0 Å². The molecule has 0 spiro atoms. The quantitative estimate of drug-likeness (QED) is 0.873. The summed E-state index contributed by atoms with van der Waals surface area (Å²) in [4.78, 5) is 11.3. The van der Waals surface area contributed by atoms with E-state index in [1.807, 2.05) is 32.0 Å². The molecule has 4 nitrogen and oxygen atoms in total. The van der Waals surface area contributed by atoms with Crippen LogP contribution in [0.5, 0.6) is 5.75 Å². The minimum atomic E-state index is -0.736. The number of fused-ring (bicyclic) bond motifs is 1. The van der Waals surface area contributed by atoms with Crippen LogP contribution >= 0.6 is 0 Å². The second-order valence-corrected chi connectivity index (χ2v) is 5.50. The number of ether oxygens (including phenoxy) is 2. The summed E-state index contributed by atoms with van der Waals surface area (Å²) in [6.45, 7) is 4.19. The van der Waals surface area contributed by atoms with E-state index in [2.05, 4.69) is 0 Å². The van der Waals surface area contributed by atoms with Crippen molar-refractivity contribution in [2.45, 2.75) is 44.5 Å². The average Bonchev–Trinajstić information content (AvgIpc) is 3.08. The zero-order chi connectivity index (χ0) is 13.0. The fraction of sp³-hybridized carbons (Fsp3) is 0.500. The van der Waals surface area contributed by atoms with Gasteiger partial charge in [0, 0.05) is 19.4 Å². The van der Waals surface area contributed by atoms with Gasteiger partial charge in [0.2, 0.25) is 5.79 Å². The number of carboxylic acids is 1. The Morgan fingerprint density at radius 1 is 1.33 bits per heavy atom. The molecule has 1 aliphatic carbocycles. The minimum absolute atomic E-state index is 0.464. The number of carboxylic acid groups (broad SMARTS) is 1. The van der Waals surface area contributed by atoms with E-state index in [1.54, 1.807) is 0 Å². The molecular weight excluding hydrogens is 232 g/mol. The van der Waals surface area contributed by atoms with Gasteiger partial charge in [-0.2, -0.15) is 0 Å². The van der Waals surface area contributed by atoms with Gasteiger partial charge in [0.25, 0.3) is 0 Å². The van der Waals surface area contributed by atoms with E-state index in [0.717, 1.165) is 16.9 Å². The maximum atomic E-state index is 11.3. The van der Waals surface area contributed by atoms with Gasteiger partial charge >= 0.3 is 5.97 Å². The van der Waals surface area contributed by atoms with Crippen molar-refractivity contribution >= 4 is 5.97 Å². The summed E-state index contributed by atoms with van der Waals surface area (Å²) >= 11 is 0. The second kappa shape index (κ2) is 3.48. The summed E-state index contributed by atoms with van der Waals surface area (Å²) in [6, 6.07) is 5.63. The van der Waals surface area contributed by atoms with Crippen LogP contribution in [-0.2, 0) is 21.6 Å². The van der Waals surface area contributed by atoms with Crippen LogP contribution in [0.3, 0.4) is 0 Å². The van der Waals surface area contributed by atoms with Crippen molar-refractivity contribution in [3.63, 3.8) is 0 Å². The Hall–Kier alpha value is -1.55. The molecule has 0 atom stereocenters. The monoisotopic (exact) mass is 248 g/mol. The first kappa shape index (κ1) is 11.5. The fourth-order valence-electron chi connectivity index (χ4n) is 2.39. The Kier molecular flexibility index (Phi) is 2.23. The van der Waals surface area contributed by atoms with Crippen molar-refractivity contribution in [1.82, 2.24) is 0 Å². The van der Waals surface area contributed by atoms with Gasteiger partial charge in [-0.15, -0.1) is 0 Å². The maximum absolute atomic E-state index is 11.3. The third-order valence-corrected chi connectivity index (χ3v) is 3.70. The minimum Gasteiger partial charge on any atom is -0.481 e. The van der Waals surface area contributed by atoms with Gasteiger partial charge in [-0.3, -0.25) is 4.79 Å². The Morgan fingerprint density at radius 3 is 2.67 bits per heavy atom. The number of hydrogen-bond donors (Lipinski definition) is 1. The molecule has 1 fully saturated rings. The van der Waals surface area contributed by atoms with Gasteiger partial charge in [0.15, 0.2) is 0 Å². The molecule has 1 aromatic rings. The topological polar surface area (TPSA) is 55.8 Å². The zero-order valence-corrected chi connectivity index (χ0v) is 10.5. The van der Waals surface area contributed by atoms with Gasteiger partial charge < -0.3 is 14.6 Å². The number of rotatable bonds is 2. The van der Waals surface area contributed by atoms with E-state index in [9.17, 15) is 9.90 Å². The first-order valence-electron chi connectivity index (χ1n) is 6.13. The number of hydrogen-bond acceptors (Lipinski definition) is 3. The molecule has 18 heavy (non-hydrogen) atoms. The first-order chi connectivity index (χ1) is 8.43. The molecule has 1 aliphatic heterocycles. The summed E-state index contributed by atoms with van der Waals surface area (Å²) in [5.74, 6) is -0.560. The maximum Gasteiger partial charge on any atom is 0.314 e. The Morgan fingerprint density at radius 2 is 2.06 bits per heavy atom. The lowest BCUT2D eigenvalue weighted by atomic mass is 9.94. The molecule has 2 aliphatic rings. The highest BCUT2D eigenvalue weighted by molar-refractivity contribution is 5.85. The Bertz CT molecular complexity index is 515. The molecule has 3 rings (SSSR count). The van der Waals surface area contributed by atoms with Crippen molar-refractivity contribution in [3.8, 4) is 5.75 Å². The molecule has 0 unspecified atom stereocenters. The van der Waals surface area contributed by atoms with Crippen LogP contribution in [0.15, 0.2) is 18.2 Å². The molecule has 0 bridgehead atoms. The molecule has 0 amide bonds. The highest BCUT2D eigenvalue weighted by Gasteiger charge is 2.52. The second-order valence-electron chi connectivity index (χ2n) is 5.50. The van der Waals surface area contributed by atoms with Gasteiger partial charge in [-0.05, 0) is 30.5 Å². The average molecular weight is 248 g/mol. The molecule has 0 radical (unpaired) electrons. The zero-order valence-electron chi connectivity index (χ0n) is 10.5. The lowest BCUT2D eigenvalue weighted by molar-refractivity contribution is -0.180. The Balaban J connectivity index is 1.96. The lowest BCUT2D eigenvalue weighted by Crippen LogP contribution is -2.35. The molecule has 96 valence electrons. The number of aliphatic carboxylic acids is 1. The largest absolute Gasteiger partial charge is 0.481 e. The van der Waals surface area contributed by atoms with E-state index >= 15 is 0 Å². The van der Waals surface area contributed by atoms with E-state index in [0.29, 0.717) is 19.4 Å². The SMILES string of the molecule is CC1(C)OCc2cc(C3(C(=O)O)CC3)ccc2O1. The van der Waals surface area contributed by atoms with Crippen LogP contribution in [0, 0.1) is 0 Å². The predicted octanol–water partition coefficient (Wildman–Crippen LogP) is 2.45. The van der Waals surface area contributed by atoms with Gasteiger partial charge in [-0.1, -0.05) is 6.07 Å². The van der Waals surface area contributed by atoms with Gasteiger partial charge in [0.05, 0.1) is 12.0 Å². The lowest BCUT2D eigenvalue weighted by Gasteiger charge is -2.33. The normalized spacial score (nSPS) is 22.8. The van der Waals surface area contributed by atoms with Crippen molar-refractivity contribution < 1.29 is 19.4 Å². The highest BCUT2D eigenvalue weighted by Crippen LogP contribution is 2.49. The van der Waals surface area contributed by atoms with Crippen LogP contribution in [0.1, 0.15) is 37.8 Å². The molecule has 1 N–H and O–H groups in total. The summed E-state index contributed by atoms with van der Waals surface area (Å²) in [5.41, 5.74) is 1.13. The van der Waals surface area contributed by atoms with Gasteiger partial charge in [-0.25, -0.2) is 0 Å². The van der Waals surface area contributed by atoms with E-state index in [-0.39, 0.29) is 0 Å². The third kappa shape index (κ3) is 1.68. The van der Waals surface area contributed by atoms with Crippen molar-refractivity contribution in [2.24, 2.45) is 0 Å². The summed E-state index contributed by atoms with van der Waals surface area (Å²) < 4.78 is 11.3. The molecular formula is C14H16O4. The third-order valence-electron chi connectivity index (χ3n) is 3.70. The highest BCUT2D eigenvalue weighted by atomic mass is 16.7. The standard InChI is InChI=1S/C14H16O4/c1-13(2)17-8-9-7-10(3-4-11(9)18-13)14(5-6-14)12(15)16/h3-4,7H,5-6,8H2,1-2H3,(H,15,16). The van der Waals surface area contributed by atoms with Crippen LogP contribution in [0.4, 0.5) is 0 Å². The predicted molar refractivity (Wildman–Crippen MR) is 64.5 cm³/mol. The fourth-order valence-corrected chi connectivity index (χ4v) is 2.39. The van der Waals surface area contributed by atoms with Crippen LogP contribution in [0.2, 0.25) is 0 Å². The van der Waals surface area contributed by atoms with Crippen molar-refractivity contribution in [3.05, 3.63) is 29.3 Å². The summed E-state index contributed by atoms with van der Waals surface area (Å²) in [7, 11) is 0. The molecule has 4 heteroatoms. The van der Waals surface area contributed by atoms with Crippen molar-refractivity contribution in [1.29, 1.82) is 0 Å². The summed E-state index contributed by atoms with van der Waals surface area (Å²) in [6.07, 6.45) is 1.43. The molecule has 1 saturated carbocycles. The van der Waals surface area contributed by atoms with E-state index < -0.39 is 17.2 Å². The smallest absolute Gasteiger partial charge is 0.314 e. The molecule has 0 saturated heterocycles. The van der Waals surface area contributed by atoms with Crippen LogP contribution < -0.4 is 4.74 Å².